The largest absolute Gasteiger partial charge is 0.497 e. The van der Waals surface area contributed by atoms with Crippen LogP contribution in [-0.4, -0.2) is 35.7 Å². The number of hydrogen-bond acceptors (Lipinski definition) is 3. The molecule has 0 aliphatic carbocycles. The third kappa shape index (κ3) is 3.25. The van der Waals surface area contributed by atoms with E-state index in [4.69, 9.17) is 16.3 Å². The Morgan fingerprint density at radius 2 is 2.08 bits per heavy atom. The minimum absolute atomic E-state index is 0.211. The summed E-state index contributed by atoms with van der Waals surface area (Å²) >= 11 is 6.44. The van der Waals surface area contributed by atoms with E-state index in [-0.39, 0.29) is 6.04 Å². The van der Waals surface area contributed by atoms with Crippen molar-refractivity contribution in [2.75, 3.05) is 13.7 Å². The van der Waals surface area contributed by atoms with Gasteiger partial charge in [-0.1, -0.05) is 41.9 Å². The lowest BCUT2D eigenvalue weighted by Gasteiger charge is -2.32. The zero-order valence-electron chi connectivity index (χ0n) is 13.5. The van der Waals surface area contributed by atoms with Crippen LogP contribution in [0, 0.1) is 0 Å². The molecule has 0 radical (unpaired) electrons. The zero-order valence-corrected chi connectivity index (χ0v) is 14.2. The Morgan fingerprint density at radius 1 is 1.29 bits per heavy atom. The summed E-state index contributed by atoms with van der Waals surface area (Å²) in [5.41, 5.74) is 1.90. The molecule has 126 valence electrons. The number of benzene rings is 2. The fourth-order valence-electron chi connectivity index (χ4n) is 3.42. The zero-order chi connectivity index (χ0) is 17.1. The SMILES string of the molecule is COc1cccc(C(c2ccccc2Cl)N2CCCC2C(=O)O)c1. The van der Waals surface area contributed by atoms with Crippen LogP contribution >= 0.6 is 11.6 Å². The molecule has 1 saturated heterocycles. The molecule has 1 fully saturated rings. The van der Waals surface area contributed by atoms with E-state index >= 15 is 0 Å². The van der Waals surface area contributed by atoms with Gasteiger partial charge < -0.3 is 9.84 Å². The van der Waals surface area contributed by atoms with Crippen molar-refractivity contribution in [3.8, 4) is 5.75 Å². The van der Waals surface area contributed by atoms with Crippen LogP contribution in [0.5, 0.6) is 5.75 Å². The maximum atomic E-state index is 11.7. The highest BCUT2D eigenvalue weighted by Gasteiger charge is 2.37. The standard InChI is InChI=1S/C19H20ClNO3/c1-24-14-7-4-6-13(12-14)18(15-8-2-3-9-16(15)20)21-11-5-10-17(21)19(22)23/h2-4,6-9,12,17-18H,5,10-11H2,1H3,(H,22,23). The van der Waals surface area contributed by atoms with Crippen molar-refractivity contribution in [1.29, 1.82) is 0 Å². The first-order chi connectivity index (χ1) is 11.6. The number of rotatable bonds is 5. The van der Waals surface area contributed by atoms with Crippen molar-refractivity contribution < 1.29 is 14.6 Å². The van der Waals surface area contributed by atoms with Crippen molar-refractivity contribution in [2.45, 2.75) is 24.9 Å². The van der Waals surface area contributed by atoms with Gasteiger partial charge in [0.15, 0.2) is 0 Å². The molecule has 4 nitrogen and oxygen atoms in total. The summed E-state index contributed by atoms with van der Waals surface area (Å²) in [5.74, 6) is -0.0388. The van der Waals surface area contributed by atoms with Crippen LogP contribution in [0.1, 0.15) is 30.0 Å². The monoisotopic (exact) mass is 345 g/mol. The molecular weight excluding hydrogens is 326 g/mol. The Hall–Kier alpha value is -2.04. The van der Waals surface area contributed by atoms with Gasteiger partial charge in [0.05, 0.1) is 13.2 Å². The third-order valence-electron chi connectivity index (χ3n) is 4.52. The normalized spacial score (nSPS) is 19.2. The molecule has 0 aromatic heterocycles. The van der Waals surface area contributed by atoms with Crippen LogP contribution < -0.4 is 4.74 Å². The van der Waals surface area contributed by atoms with Crippen LogP contribution in [-0.2, 0) is 4.79 Å². The number of carboxylic acids is 1. The van der Waals surface area contributed by atoms with Crippen molar-refractivity contribution in [3.05, 3.63) is 64.7 Å². The molecule has 1 aliphatic rings. The molecule has 1 N–H and O–H groups in total. The van der Waals surface area contributed by atoms with Gasteiger partial charge in [0.1, 0.15) is 11.8 Å². The van der Waals surface area contributed by atoms with Crippen molar-refractivity contribution in [3.63, 3.8) is 0 Å². The van der Waals surface area contributed by atoms with E-state index in [1.54, 1.807) is 7.11 Å². The van der Waals surface area contributed by atoms with E-state index in [0.717, 1.165) is 29.8 Å². The molecule has 0 saturated carbocycles. The first kappa shape index (κ1) is 16.8. The fourth-order valence-corrected chi connectivity index (χ4v) is 3.66. The van der Waals surface area contributed by atoms with E-state index in [9.17, 15) is 9.90 Å². The summed E-state index contributed by atoms with van der Waals surface area (Å²) < 4.78 is 5.34. The maximum absolute atomic E-state index is 11.7. The molecule has 24 heavy (non-hydrogen) atoms. The number of aliphatic carboxylic acids is 1. The number of likely N-dealkylation sites (tertiary alicyclic amines) is 1. The van der Waals surface area contributed by atoms with Crippen LogP contribution in [0.15, 0.2) is 48.5 Å². The number of carboxylic acid groups (broad SMARTS) is 1. The Bertz CT molecular complexity index is 734. The molecular formula is C19H20ClNO3. The second-order valence-electron chi connectivity index (χ2n) is 5.93. The highest BCUT2D eigenvalue weighted by Crippen LogP contribution is 2.38. The second kappa shape index (κ2) is 7.24. The van der Waals surface area contributed by atoms with Crippen LogP contribution in [0.25, 0.3) is 0 Å². The molecule has 2 atom stereocenters. The number of ether oxygens (including phenoxy) is 1. The Morgan fingerprint density at radius 3 is 2.79 bits per heavy atom. The van der Waals surface area contributed by atoms with Crippen LogP contribution in [0.2, 0.25) is 5.02 Å². The number of nitrogens with zero attached hydrogens (tertiary/aromatic N) is 1. The molecule has 0 bridgehead atoms. The molecule has 1 heterocycles. The van der Waals surface area contributed by atoms with Gasteiger partial charge in [0.25, 0.3) is 0 Å². The summed E-state index contributed by atoms with van der Waals surface area (Å²) in [4.78, 5) is 13.7. The van der Waals surface area contributed by atoms with Gasteiger partial charge in [-0.25, -0.2) is 0 Å². The first-order valence-electron chi connectivity index (χ1n) is 7.98. The van der Waals surface area contributed by atoms with Gasteiger partial charge in [-0.2, -0.15) is 0 Å². The number of halogens is 1. The lowest BCUT2D eigenvalue weighted by atomic mass is 9.96. The van der Waals surface area contributed by atoms with Crippen LogP contribution in [0.3, 0.4) is 0 Å². The number of hydrogen-bond donors (Lipinski definition) is 1. The Balaban J connectivity index is 2.10. The van der Waals surface area contributed by atoms with Gasteiger partial charge in [-0.15, -0.1) is 0 Å². The van der Waals surface area contributed by atoms with Gasteiger partial charge >= 0.3 is 5.97 Å². The van der Waals surface area contributed by atoms with E-state index < -0.39 is 12.0 Å². The summed E-state index contributed by atoms with van der Waals surface area (Å²) in [6.07, 6.45) is 1.52. The molecule has 2 unspecified atom stereocenters. The van der Waals surface area contributed by atoms with E-state index in [2.05, 4.69) is 0 Å². The third-order valence-corrected chi connectivity index (χ3v) is 4.86. The maximum Gasteiger partial charge on any atom is 0.320 e. The quantitative estimate of drug-likeness (QED) is 0.890. The Kier molecular flexibility index (Phi) is 5.07. The minimum Gasteiger partial charge on any atom is -0.497 e. The van der Waals surface area contributed by atoms with Gasteiger partial charge in [0, 0.05) is 11.6 Å². The minimum atomic E-state index is -0.785. The molecule has 0 amide bonds. The summed E-state index contributed by atoms with van der Waals surface area (Å²) in [7, 11) is 1.62. The summed E-state index contributed by atoms with van der Waals surface area (Å²) in [6, 6.07) is 14.6. The smallest absolute Gasteiger partial charge is 0.320 e. The lowest BCUT2D eigenvalue weighted by Crippen LogP contribution is -2.39. The second-order valence-corrected chi connectivity index (χ2v) is 6.34. The lowest BCUT2D eigenvalue weighted by molar-refractivity contribution is -0.142. The summed E-state index contributed by atoms with van der Waals surface area (Å²) in [6.45, 7) is 0.726. The topological polar surface area (TPSA) is 49.8 Å². The number of carbonyl (C=O) groups is 1. The molecule has 0 spiro atoms. The van der Waals surface area contributed by atoms with Gasteiger partial charge in [-0.05, 0) is 42.2 Å². The average molecular weight is 346 g/mol. The van der Waals surface area contributed by atoms with E-state index in [1.165, 1.54) is 0 Å². The molecule has 1 aliphatic heterocycles. The van der Waals surface area contributed by atoms with E-state index in [1.807, 2.05) is 53.4 Å². The highest BCUT2D eigenvalue weighted by molar-refractivity contribution is 6.31. The van der Waals surface area contributed by atoms with Gasteiger partial charge in [-0.3, -0.25) is 9.69 Å². The Labute approximate surface area is 146 Å². The predicted octanol–water partition coefficient (Wildman–Crippen LogP) is 3.99. The molecule has 2 aromatic rings. The van der Waals surface area contributed by atoms with Crippen molar-refractivity contribution >= 4 is 17.6 Å². The summed E-state index contributed by atoms with van der Waals surface area (Å²) in [5, 5.41) is 10.2. The van der Waals surface area contributed by atoms with Gasteiger partial charge in [0.2, 0.25) is 0 Å². The average Bonchev–Trinajstić information content (AvgIpc) is 3.07. The molecule has 5 heteroatoms. The van der Waals surface area contributed by atoms with Crippen molar-refractivity contribution in [1.82, 2.24) is 4.90 Å². The van der Waals surface area contributed by atoms with Crippen molar-refractivity contribution in [2.24, 2.45) is 0 Å². The number of methoxy groups -OCH3 is 1. The van der Waals surface area contributed by atoms with Crippen LogP contribution in [0.4, 0.5) is 0 Å². The molecule has 2 aromatic carbocycles. The first-order valence-corrected chi connectivity index (χ1v) is 8.36. The van der Waals surface area contributed by atoms with E-state index in [0.29, 0.717) is 11.4 Å². The fraction of sp³-hybridized carbons (Fsp3) is 0.316. The highest BCUT2D eigenvalue weighted by atomic mass is 35.5. The molecule has 3 rings (SSSR count). The predicted molar refractivity (Wildman–Crippen MR) is 93.7 cm³/mol.